The molecule has 0 aromatic heterocycles. The fourth-order valence-corrected chi connectivity index (χ4v) is 2.58. The number of hydrogen-bond acceptors (Lipinski definition) is 2. The van der Waals surface area contributed by atoms with Gasteiger partial charge in [-0.25, -0.2) is 0 Å². The molecule has 0 radical (unpaired) electrons. The van der Waals surface area contributed by atoms with Crippen molar-refractivity contribution in [3.8, 4) is 0 Å². The Morgan fingerprint density at radius 3 is 2.38 bits per heavy atom. The second-order valence-corrected chi connectivity index (χ2v) is 4.38. The SMILES string of the molecule is CCN1CCC2(CC1)CN(C)C2=O. The summed E-state index contributed by atoms with van der Waals surface area (Å²) in [5.74, 6) is 0.378. The lowest BCUT2D eigenvalue weighted by atomic mass is 9.71. The first kappa shape index (κ1) is 9.00. The van der Waals surface area contributed by atoms with Gasteiger partial charge >= 0.3 is 0 Å². The van der Waals surface area contributed by atoms with E-state index in [0.29, 0.717) is 5.91 Å². The van der Waals surface area contributed by atoms with E-state index >= 15 is 0 Å². The van der Waals surface area contributed by atoms with Gasteiger partial charge in [0.1, 0.15) is 0 Å². The number of carbonyl (C=O) groups excluding carboxylic acids is 1. The summed E-state index contributed by atoms with van der Waals surface area (Å²) in [7, 11) is 1.90. The van der Waals surface area contributed by atoms with Gasteiger partial charge in [0, 0.05) is 13.6 Å². The first-order chi connectivity index (χ1) is 6.18. The van der Waals surface area contributed by atoms with E-state index in [-0.39, 0.29) is 5.41 Å². The van der Waals surface area contributed by atoms with Crippen LogP contribution in [0.3, 0.4) is 0 Å². The van der Waals surface area contributed by atoms with Crippen molar-refractivity contribution in [2.75, 3.05) is 33.2 Å². The number of amides is 1. The van der Waals surface area contributed by atoms with Gasteiger partial charge in [-0.3, -0.25) is 4.79 Å². The Morgan fingerprint density at radius 2 is 2.00 bits per heavy atom. The van der Waals surface area contributed by atoms with Crippen LogP contribution in [-0.4, -0.2) is 48.9 Å². The molecular weight excluding hydrogens is 164 g/mol. The zero-order valence-corrected chi connectivity index (χ0v) is 8.55. The predicted octanol–water partition coefficient (Wildman–Crippen LogP) is 0.560. The van der Waals surface area contributed by atoms with E-state index in [9.17, 15) is 4.79 Å². The molecule has 74 valence electrons. The van der Waals surface area contributed by atoms with Crippen molar-refractivity contribution in [3.05, 3.63) is 0 Å². The summed E-state index contributed by atoms with van der Waals surface area (Å²) in [6.45, 7) is 6.52. The van der Waals surface area contributed by atoms with E-state index in [4.69, 9.17) is 0 Å². The fraction of sp³-hybridized carbons (Fsp3) is 0.900. The van der Waals surface area contributed by atoms with Gasteiger partial charge in [0.05, 0.1) is 5.41 Å². The molecule has 3 heteroatoms. The van der Waals surface area contributed by atoms with Crippen LogP contribution in [0.2, 0.25) is 0 Å². The van der Waals surface area contributed by atoms with E-state index in [2.05, 4.69) is 11.8 Å². The van der Waals surface area contributed by atoms with Gasteiger partial charge in [0.25, 0.3) is 0 Å². The zero-order chi connectivity index (χ0) is 9.47. The third-order valence-electron chi connectivity index (χ3n) is 3.60. The van der Waals surface area contributed by atoms with Gasteiger partial charge < -0.3 is 9.80 Å². The zero-order valence-electron chi connectivity index (χ0n) is 8.55. The van der Waals surface area contributed by atoms with Gasteiger partial charge in [0.15, 0.2) is 0 Å². The average molecular weight is 182 g/mol. The van der Waals surface area contributed by atoms with E-state index in [1.807, 2.05) is 11.9 Å². The Balaban J connectivity index is 1.95. The number of nitrogens with zero attached hydrogens (tertiary/aromatic N) is 2. The molecule has 0 aromatic carbocycles. The molecule has 2 saturated heterocycles. The lowest BCUT2D eigenvalue weighted by Gasteiger charge is -2.51. The van der Waals surface area contributed by atoms with Gasteiger partial charge in [-0.2, -0.15) is 0 Å². The molecule has 13 heavy (non-hydrogen) atoms. The Morgan fingerprint density at radius 1 is 1.38 bits per heavy atom. The summed E-state index contributed by atoms with van der Waals surface area (Å²) in [6.07, 6.45) is 2.15. The molecule has 2 heterocycles. The standard InChI is InChI=1S/C10H18N2O/c1-3-12-6-4-10(5-7-12)8-11(2)9(10)13/h3-8H2,1-2H3. The quantitative estimate of drug-likeness (QED) is 0.553. The largest absolute Gasteiger partial charge is 0.344 e. The maximum absolute atomic E-state index is 11.6. The minimum atomic E-state index is 0.0560. The number of carbonyl (C=O) groups is 1. The molecule has 2 rings (SSSR count). The summed E-state index contributed by atoms with van der Waals surface area (Å²) in [5, 5.41) is 0. The Kier molecular flexibility index (Phi) is 2.06. The van der Waals surface area contributed by atoms with Crippen LogP contribution in [0.25, 0.3) is 0 Å². The van der Waals surface area contributed by atoms with Crippen LogP contribution < -0.4 is 0 Å². The van der Waals surface area contributed by atoms with Crippen molar-refractivity contribution in [1.29, 1.82) is 0 Å². The molecule has 1 amide bonds. The van der Waals surface area contributed by atoms with E-state index in [0.717, 1.165) is 39.0 Å². The Hall–Kier alpha value is -0.570. The second-order valence-electron chi connectivity index (χ2n) is 4.38. The summed E-state index contributed by atoms with van der Waals surface area (Å²) in [4.78, 5) is 15.9. The highest BCUT2D eigenvalue weighted by molar-refractivity contribution is 5.88. The third-order valence-corrected chi connectivity index (χ3v) is 3.60. The normalized spacial score (nSPS) is 27.8. The number of piperidine rings is 1. The monoisotopic (exact) mass is 182 g/mol. The molecule has 0 N–H and O–H groups in total. The molecule has 0 aliphatic carbocycles. The van der Waals surface area contributed by atoms with Crippen LogP contribution in [0.15, 0.2) is 0 Å². The molecule has 0 atom stereocenters. The van der Waals surface area contributed by atoms with E-state index < -0.39 is 0 Å². The molecule has 0 bridgehead atoms. The summed E-state index contributed by atoms with van der Waals surface area (Å²) >= 11 is 0. The average Bonchev–Trinajstić information content (AvgIpc) is 2.19. The van der Waals surface area contributed by atoms with E-state index in [1.54, 1.807) is 0 Å². The molecule has 2 fully saturated rings. The maximum Gasteiger partial charge on any atom is 0.230 e. The summed E-state index contributed by atoms with van der Waals surface area (Å²) in [5.41, 5.74) is 0.0560. The molecule has 3 nitrogen and oxygen atoms in total. The summed E-state index contributed by atoms with van der Waals surface area (Å²) in [6, 6.07) is 0. The smallest absolute Gasteiger partial charge is 0.230 e. The molecule has 1 spiro atoms. The van der Waals surface area contributed by atoms with Gasteiger partial charge in [-0.15, -0.1) is 0 Å². The number of β-lactam (4-membered cyclic amide) rings is 1. The van der Waals surface area contributed by atoms with Crippen molar-refractivity contribution < 1.29 is 4.79 Å². The van der Waals surface area contributed by atoms with Crippen molar-refractivity contribution in [2.45, 2.75) is 19.8 Å². The Bertz CT molecular complexity index is 219. The molecule has 0 saturated carbocycles. The van der Waals surface area contributed by atoms with Crippen LogP contribution in [0.5, 0.6) is 0 Å². The van der Waals surface area contributed by atoms with Crippen LogP contribution >= 0.6 is 0 Å². The van der Waals surface area contributed by atoms with Crippen molar-refractivity contribution in [1.82, 2.24) is 9.80 Å². The molecular formula is C10H18N2O. The van der Waals surface area contributed by atoms with Crippen LogP contribution in [0.1, 0.15) is 19.8 Å². The fourth-order valence-electron chi connectivity index (χ4n) is 2.58. The highest BCUT2D eigenvalue weighted by atomic mass is 16.2. The van der Waals surface area contributed by atoms with Crippen molar-refractivity contribution in [3.63, 3.8) is 0 Å². The number of likely N-dealkylation sites (tertiary alicyclic amines) is 2. The van der Waals surface area contributed by atoms with Crippen molar-refractivity contribution in [2.24, 2.45) is 5.41 Å². The topological polar surface area (TPSA) is 23.6 Å². The minimum absolute atomic E-state index is 0.0560. The predicted molar refractivity (Wildman–Crippen MR) is 51.4 cm³/mol. The van der Waals surface area contributed by atoms with E-state index in [1.165, 1.54) is 0 Å². The highest BCUT2D eigenvalue weighted by Gasteiger charge is 2.51. The first-order valence-electron chi connectivity index (χ1n) is 5.16. The minimum Gasteiger partial charge on any atom is -0.344 e. The molecule has 2 aliphatic rings. The van der Waals surface area contributed by atoms with Crippen LogP contribution in [-0.2, 0) is 4.79 Å². The molecule has 0 aromatic rings. The Labute approximate surface area is 79.7 Å². The first-order valence-corrected chi connectivity index (χ1v) is 5.16. The number of hydrogen-bond donors (Lipinski definition) is 0. The lowest BCUT2D eigenvalue weighted by molar-refractivity contribution is -0.162. The lowest BCUT2D eigenvalue weighted by Crippen LogP contribution is -2.63. The highest BCUT2D eigenvalue weighted by Crippen LogP contribution is 2.40. The van der Waals surface area contributed by atoms with Gasteiger partial charge in [0.2, 0.25) is 5.91 Å². The third kappa shape index (κ3) is 1.26. The molecule has 0 unspecified atom stereocenters. The van der Waals surface area contributed by atoms with Crippen LogP contribution in [0.4, 0.5) is 0 Å². The van der Waals surface area contributed by atoms with Gasteiger partial charge in [-0.05, 0) is 32.5 Å². The van der Waals surface area contributed by atoms with Crippen molar-refractivity contribution >= 4 is 5.91 Å². The summed E-state index contributed by atoms with van der Waals surface area (Å²) < 4.78 is 0. The molecule has 2 aliphatic heterocycles. The van der Waals surface area contributed by atoms with Crippen LogP contribution in [0, 0.1) is 5.41 Å². The maximum atomic E-state index is 11.6. The second kappa shape index (κ2) is 2.98. The van der Waals surface area contributed by atoms with Gasteiger partial charge in [-0.1, -0.05) is 6.92 Å². The number of rotatable bonds is 1.